The number of rotatable bonds is 7. The van der Waals surface area contributed by atoms with Crippen LogP contribution in [0.15, 0.2) is 0 Å². The summed E-state index contributed by atoms with van der Waals surface area (Å²) in [5.41, 5.74) is -1.02. The Bertz CT molecular complexity index is 375. The molecule has 0 spiro atoms. The summed E-state index contributed by atoms with van der Waals surface area (Å²) in [5.74, 6) is 0.846. The van der Waals surface area contributed by atoms with Crippen molar-refractivity contribution in [2.75, 3.05) is 31.6 Å². The highest BCUT2D eigenvalue weighted by Crippen LogP contribution is 2.11. The van der Waals surface area contributed by atoms with Crippen molar-refractivity contribution in [3.63, 3.8) is 0 Å². The number of nitrogens with zero attached hydrogens (tertiary/aromatic N) is 1. The van der Waals surface area contributed by atoms with Crippen molar-refractivity contribution in [2.45, 2.75) is 59.2 Å². The fourth-order valence-electron chi connectivity index (χ4n) is 1.60. The molecule has 0 saturated carbocycles. The molecule has 0 unspecified atom stereocenters. The normalized spacial score (nSPS) is 11.8. The van der Waals surface area contributed by atoms with Crippen LogP contribution in [-0.2, 0) is 9.47 Å². The summed E-state index contributed by atoms with van der Waals surface area (Å²) in [7, 11) is 0. The Hall–Kier alpha value is -1.11. The number of hydrogen-bond acceptors (Lipinski definition) is 5. The minimum atomic E-state index is -0.510. The minimum Gasteiger partial charge on any atom is -0.444 e. The van der Waals surface area contributed by atoms with Crippen molar-refractivity contribution in [3.8, 4) is 0 Å². The average molecular weight is 349 g/mol. The molecule has 0 aliphatic carbocycles. The molecule has 7 heteroatoms. The van der Waals surface area contributed by atoms with Gasteiger partial charge in [0.1, 0.15) is 11.2 Å². The highest BCUT2D eigenvalue weighted by Gasteiger charge is 2.21. The third-order valence-corrected chi connectivity index (χ3v) is 3.08. The third kappa shape index (κ3) is 13.1. The molecule has 0 aromatic heterocycles. The molecule has 0 rings (SSSR count). The van der Waals surface area contributed by atoms with E-state index in [1.165, 1.54) is 0 Å². The predicted molar refractivity (Wildman–Crippen MR) is 95.0 cm³/mol. The van der Waals surface area contributed by atoms with Gasteiger partial charge in [0, 0.05) is 25.4 Å². The largest absolute Gasteiger partial charge is 0.444 e. The number of carbonyl (C=O) groups excluding carboxylic acids is 2. The van der Waals surface area contributed by atoms with Gasteiger partial charge in [-0.1, -0.05) is 0 Å². The lowest BCUT2D eigenvalue weighted by Gasteiger charge is -2.27. The number of carbonyl (C=O) groups is 2. The molecule has 0 aliphatic heterocycles. The lowest BCUT2D eigenvalue weighted by Crippen LogP contribution is -2.40. The van der Waals surface area contributed by atoms with Gasteiger partial charge in [-0.05, 0) is 54.2 Å². The van der Waals surface area contributed by atoms with Crippen LogP contribution < -0.4 is 5.32 Å². The van der Waals surface area contributed by atoms with Gasteiger partial charge in [-0.25, -0.2) is 9.59 Å². The number of amides is 2. The first-order valence-corrected chi connectivity index (χ1v) is 9.28. The van der Waals surface area contributed by atoms with Crippen LogP contribution in [0, 0.1) is 0 Å². The van der Waals surface area contributed by atoms with Crippen LogP contribution in [0.5, 0.6) is 0 Å². The molecule has 1 N–H and O–H groups in total. The van der Waals surface area contributed by atoms with E-state index in [9.17, 15) is 9.59 Å². The number of nitrogens with one attached hydrogen (secondary N) is 1. The fourth-order valence-corrected chi connectivity index (χ4v) is 2.00. The van der Waals surface area contributed by atoms with Gasteiger partial charge >= 0.3 is 12.2 Å². The van der Waals surface area contributed by atoms with Crippen molar-refractivity contribution < 1.29 is 19.1 Å². The van der Waals surface area contributed by atoms with Gasteiger partial charge in [0.05, 0.1) is 0 Å². The Balaban J connectivity index is 4.25. The molecule has 0 aromatic carbocycles. The Kier molecular flexibility index (Phi) is 9.42. The Labute approximate surface area is 144 Å². The van der Waals surface area contributed by atoms with Crippen LogP contribution in [0.2, 0.25) is 0 Å². The minimum absolute atomic E-state index is 0.316. The first kappa shape index (κ1) is 21.9. The zero-order valence-electron chi connectivity index (χ0n) is 15.5. The smallest absolute Gasteiger partial charge is 0.410 e. The van der Waals surface area contributed by atoms with E-state index < -0.39 is 17.3 Å². The average Bonchev–Trinajstić information content (AvgIpc) is 2.33. The van der Waals surface area contributed by atoms with Crippen LogP contribution in [-0.4, -0.2) is 59.9 Å². The standard InChI is InChI=1S/C16H32N2O4S/c1-15(2,3)21-13(19)17-9-8-10-18(11-12-23-7)14(20)22-16(4,5)6/h8-12H2,1-7H3,(H,17,19). The van der Waals surface area contributed by atoms with Crippen molar-refractivity contribution in [3.05, 3.63) is 0 Å². The summed E-state index contributed by atoms with van der Waals surface area (Å²) in [5, 5.41) is 2.69. The van der Waals surface area contributed by atoms with Gasteiger partial charge in [0.25, 0.3) is 0 Å². The van der Waals surface area contributed by atoms with Gasteiger partial charge in [-0.15, -0.1) is 0 Å². The van der Waals surface area contributed by atoms with E-state index in [1.54, 1.807) is 16.7 Å². The quantitative estimate of drug-likeness (QED) is 0.713. The molecule has 136 valence electrons. The van der Waals surface area contributed by atoms with Crippen LogP contribution in [0.1, 0.15) is 48.0 Å². The molecule has 0 aromatic rings. The van der Waals surface area contributed by atoms with Crippen LogP contribution >= 0.6 is 11.8 Å². The molecule has 0 atom stereocenters. The van der Waals surface area contributed by atoms with Crippen LogP contribution in [0.25, 0.3) is 0 Å². The number of thioether (sulfide) groups is 1. The van der Waals surface area contributed by atoms with E-state index in [0.29, 0.717) is 26.1 Å². The molecular weight excluding hydrogens is 316 g/mol. The monoisotopic (exact) mass is 348 g/mol. The number of hydrogen-bond donors (Lipinski definition) is 1. The molecule has 0 aliphatic rings. The summed E-state index contributed by atoms with van der Waals surface area (Å²) < 4.78 is 10.6. The Morgan fingerprint density at radius 1 is 1.00 bits per heavy atom. The summed E-state index contributed by atoms with van der Waals surface area (Å²) >= 11 is 1.68. The molecule has 23 heavy (non-hydrogen) atoms. The maximum absolute atomic E-state index is 12.2. The lowest BCUT2D eigenvalue weighted by atomic mass is 10.2. The number of ether oxygens (including phenoxy) is 2. The second-order valence-corrected chi connectivity index (χ2v) is 8.23. The molecule has 0 heterocycles. The SMILES string of the molecule is CSCCN(CCCNC(=O)OC(C)(C)C)C(=O)OC(C)(C)C. The van der Waals surface area contributed by atoms with E-state index in [2.05, 4.69) is 5.32 Å². The van der Waals surface area contributed by atoms with E-state index in [0.717, 1.165) is 5.75 Å². The zero-order chi connectivity index (χ0) is 18.1. The zero-order valence-corrected chi connectivity index (χ0v) is 16.3. The molecular formula is C16H32N2O4S. The maximum Gasteiger partial charge on any atom is 0.410 e. The van der Waals surface area contributed by atoms with E-state index in [4.69, 9.17) is 9.47 Å². The Morgan fingerprint density at radius 2 is 1.57 bits per heavy atom. The summed E-state index contributed by atoms with van der Waals surface area (Å²) in [6.45, 7) is 12.6. The van der Waals surface area contributed by atoms with Crippen molar-refractivity contribution in [1.82, 2.24) is 10.2 Å². The summed E-state index contributed by atoms with van der Waals surface area (Å²) in [4.78, 5) is 25.4. The van der Waals surface area contributed by atoms with Crippen molar-refractivity contribution in [1.29, 1.82) is 0 Å². The molecule has 0 fully saturated rings. The van der Waals surface area contributed by atoms with Crippen molar-refractivity contribution >= 4 is 23.9 Å². The van der Waals surface area contributed by atoms with Crippen LogP contribution in [0.4, 0.5) is 9.59 Å². The lowest BCUT2D eigenvalue weighted by molar-refractivity contribution is 0.0260. The second kappa shape index (κ2) is 9.90. The highest BCUT2D eigenvalue weighted by atomic mass is 32.2. The third-order valence-electron chi connectivity index (χ3n) is 2.49. The van der Waals surface area contributed by atoms with E-state index in [1.807, 2.05) is 47.8 Å². The molecule has 6 nitrogen and oxygen atoms in total. The van der Waals surface area contributed by atoms with Crippen molar-refractivity contribution in [2.24, 2.45) is 0 Å². The van der Waals surface area contributed by atoms with E-state index >= 15 is 0 Å². The molecule has 0 saturated heterocycles. The predicted octanol–water partition coefficient (Wildman–Crippen LogP) is 3.50. The fraction of sp³-hybridized carbons (Fsp3) is 0.875. The van der Waals surface area contributed by atoms with Gasteiger partial charge in [0.15, 0.2) is 0 Å². The first-order valence-electron chi connectivity index (χ1n) is 7.88. The second-order valence-electron chi connectivity index (χ2n) is 7.24. The molecule has 0 bridgehead atoms. The first-order chi connectivity index (χ1) is 10.4. The van der Waals surface area contributed by atoms with Gasteiger partial charge in [-0.2, -0.15) is 11.8 Å². The van der Waals surface area contributed by atoms with Crippen LogP contribution in [0.3, 0.4) is 0 Å². The summed E-state index contributed by atoms with van der Waals surface area (Å²) in [6, 6.07) is 0. The van der Waals surface area contributed by atoms with Gasteiger partial charge < -0.3 is 19.7 Å². The van der Waals surface area contributed by atoms with Gasteiger partial charge in [-0.3, -0.25) is 0 Å². The molecule has 0 radical (unpaired) electrons. The number of alkyl carbamates (subject to hydrolysis) is 1. The van der Waals surface area contributed by atoms with E-state index in [-0.39, 0.29) is 6.09 Å². The highest BCUT2D eigenvalue weighted by molar-refractivity contribution is 7.98. The van der Waals surface area contributed by atoms with Gasteiger partial charge in [0.2, 0.25) is 0 Å². The Morgan fingerprint density at radius 3 is 2.04 bits per heavy atom. The summed E-state index contributed by atoms with van der Waals surface area (Å²) in [6.07, 6.45) is 1.89. The molecule has 2 amide bonds. The maximum atomic E-state index is 12.2. The topological polar surface area (TPSA) is 67.9 Å².